The van der Waals surface area contributed by atoms with Gasteiger partial charge in [-0.3, -0.25) is 0 Å². The summed E-state index contributed by atoms with van der Waals surface area (Å²) in [5.74, 6) is 1.23. The van der Waals surface area contributed by atoms with E-state index in [1.165, 1.54) is 5.56 Å². The molecule has 3 aromatic carbocycles. The van der Waals surface area contributed by atoms with Gasteiger partial charge in [-0.15, -0.1) is 0 Å². The number of rotatable bonds is 7. The fourth-order valence-electron chi connectivity index (χ4n) is 4.49. The van der Waals surface area contributed by atoms with Gasteiger partial charge >= 0.3 is 0 Å². The van der Waals surface area contributed by atoms with Crippen molar-refractivity contribution in [1.82, 2.24) is 0 Å². The second kappa shape index (κ2) is 10.4. The zero-order valence-corrected chi connectivity index (χ0v) is 17.9. The predicted molar refractivity (Wildman–Crippen MR) is 125 cm³/mol. The van der Waals surface area contributed by atoms with Gasteiger partial charge in [0, 0.05) is 11.5 Å². The summed E-state index contributed by atoms with van der Waals surface area (Å²) in [5, 5.41) is 11.0. The molecule has 1 aliphatic rings. The third-order valence-electron chi connectivity index (χ3n) is 6.11. The van der Waals surface area contributed by atoms with Crippen molar-refractivity contribution in [3.05, 3.63) is 108 Å². The molecule has 3 aromatic rings. The van der Waals surface area contributed by atoms with E-state index in [1.54, 1.807) is 7.11 Å². The maximum absolute atomic E-state index is 11.0. The molecule has 1 aliphatic heterocycles. The average molecular weight is 415 g/mol. The molecule has 4 atom stereocenters. The fraction of sp³-hybridized carbons (Fsp3) is 0.286. The summed E-state index contributed by atoms with van der Waals surface area (Å²) in [7, 11) is 1.70. The van der Waals surface area contributed by atoms with E-state index in [0.29, 0.717) is 6.61 Å². The van der Waals surface area contributed by atoms with Gasteiger partial charge in [0.15, 0.2) is 0 Å². The Bertz CT molecular complexity index is 968. The molecule has 0 aliphatic carbocycles. The SMILES string of the molecule is COc1ccccc1/C=C/C[C@H]1C[C@@H]([C@@H](O)c2ccccc2)CO[C@@H]1c1ccccc1. The summed E-state index contributed by atoms with van der Waals surface area (Å²) in [6, 6.07) is 28.4. The number of ether oxygens (including phenoxy) is 2. The molecule has 0 bridgehead atoms. The Morgan fingerprint density at radius 2 is 1.65 bits per heavy atom. The van der Waals surface area contributed by atoms with E-state index in [2.05, 4.69) is 42.5 Å². The van der Waals surface area contributed by atoms with Crippen molar-refractivity contribution in [2.45, 2.75) is 25.0 Å². The lowest BCUT2D eigenvalue weighted by Gasteiger charge is -2.38. The van der Waals surface area contributed by atoms with Gasteiger partial charge in [-0.1, -0.05) is 91.0 Å². The number of para-hydroxylation sites is 1. The Hall–Kier alpha value is -2.88. The van der Waals surface area contributed by atoms with Crippen LogP contribution in [0.3, 0.4) is 0 Å². The Kier molecular flexibility index (Phi) is 7.18. The van der Waals surface area contributed by atoms with Crippen LogP contribution in [0.4, 0.5) is 0 Å². The summed E-state index contributed by atoms with van der Waals surface area (Å²) >= 11 is 0. The average Bonchev–Trinajstić information content (AvgIpc) is 2.85. The van der Waals surface area contributed by atoms with Crippen molar-refractivity contribution in [2.24, 2.45) is 11.8 Å². The zero-order valence-electron chi connectivity index (χ0n) is 17.9. The number of methoxy groups -OCH3 is 1. The van der Waals surface area contributed by atoms with E-state index in [1.807, 2.05) is 54.6 Å². The van der Waals surface area contributed by atoms with Crippen LogP contribution in [0.25, 0.3) is 6.08 Å². The van der Waals surface area contributed by atoms with Crippen LogP contribution >= 0.6 is 0 Å². The van der Waals surface area contributed by atoms with Crippen molar-refractivity contribution in [1.29, 1.82) is 0 Å². The van der Waals surface area contributed by atoms with Gasteiger partial charge in [0.05, 0.1) is 25.9 Å². The van der Waals surface area contributed by atoms with E-state index in [-0.39, 0.29) is 17.9 Å². The molecular formula is C28H30O3. The molecule has 0 spiro atoms. The van der Waals surface area contributed by atoms with Crippen LogP contribution in [0.15, 0.2) is 91.0 Å². The van der Waals surface area contributed by atoms with E-state index in [4.69, 9.17) is 9.47 Å². The van der Waals surface area contributed by atoms with Crippen molar-refractivity contribution in [3.63, 3.8) is 0 Å². The van der Waals surface area contributed by atoms with Crippen LogP contribution in [0.1, 0.15) is 41.7 Å². The molecule has 0 amide bonds. The van der Waals surface area contributed by atoms with Crippen LogP contribution in [-0.2, 0) is 4.74 Å². The minimum absolute atomic E-state index is 0.0303. The molecule has 160 valence electrons. The minimum atomic E-state index is -0.515. The number of aliphatic hydroxyl groups excluding tert-OH is 1. The summed E-state index contributed by atoms with van der Waals surface area (Å²) in [4.78, 5) is 0. The second-order valence-corrected chi connectivity index (χ2v) is 8.16. The Morgan fingerprint density at radius 3 is 2.39 bits per heavy atom. The lowest BCUT2D eigenvalue weighted by atomic mass is 9.79. The molecule has 4 rings (SSSR count). The normalized spacial score (nSPS) is 22.3. The van der Waals surface area contributed by atoms with Crippen LogP contribution in [0.5, 0.6) is 5.75 Å². The standard InChI is InChI=1S/C28H30O3/c1-30-26-18-9-8-11-21(26)16-10-17-24-19-25(27(29)22-12-4-2-5-13-22)20-31-28(24)23-14-6-3-7-15-23/h2-16,18,24-25,27-29H,17,19-20H2,1H3/b16-10+/t24-,25+,27-,28+/m0/s1. The molecule has 0 unspecified atom stereocenters. The number of allylic oxidation sites excluding steroid dienone is 1. The third-order valence-corrected chi connectivity index (χ3v) is 6.11. The van der Waals surface area contributed by atoms with Crippen LogP contribution in [0.2, 0.25) is 0 Å². The van der Waals surface area contributed by atoms with E-state index in [0.717, 1.165) is 29.7 Å². The first-order valence-electron chi connectivity index (χ1n) is 11.0. The van der Waals surface area contributed by atoms with Crippen LogP contribution < -0.4 is 4.74 Å². The first-order valence-corrected chi connectivity index (χ1v) is 11.0. The topological polar surface area (TPSA) is 38.7 Å². The fourth-order valence-corrected chi connectivity index (χ4v) is 4.49. The van der Waals surface area contributed by atoms with Gasteiger partial charge in [-0.05, 0) is 36.0 Å². The highest BCUT2D eigenvalue weighted by atomic mass is 16.5. The summed E-state index contributed by atoms with van der Waals surface area (Å²) < 4.78 is 11.8. The predicted octanol–water partition coefficient (Wildman–Crippen LogP) is 6.23. The highest BCUT2D eigenvalue weighted by molar-refractivity contribution is 5.57. The van der Waals surface area contributed by atoms with Crippen molar-refractivity contribution in [2.75, 3.05) is 13.7 Å². The highest BCUT2D eigenvalue weighted by Gasteiger charge is 2.35. The van der Waals surface area contributed by atoms with Gasteiger partial charge in [0.1, 0.15) is 5.75 Å². The molecule has 1 N–H and O–H groups in total. The molecule has 0 radical (unpaired) electrons. The van der Waals surface area contributed by atoms with Gasteiger partial charge < -0.3 is 14.6 Å². The van der Waals surface area contributed by atoms with Crippen LogP contribution in [0, 0.1) is 11.8 Å². The Balaban J connectivity index is 1.52. The van der Waals surface area contributed by atoms with Gasteiger partial charge in [0.25, 0.3) is 0 Å². The van der Waals surface area contributed by atoms with Gasteiger partial charge in [0.2, 0.25) is 0 Å². The third kappa shape index (κ3) is 5.25. The highest BCUT2D eigenvalue weighted by Crippen LogP contribution is 2.42. The zero-order chi connectivity index (χ0) is 21.5. The number of hydrogen-bond acceptors (Lipinski definition) is 3. The first-order chi connectivity index (χ1) is 15.3. The molecule has 1 heterocycles. The summed E-state index contributed by atoms with van der Waals surface area (Å²) in [6.45, 7) is 0.558. The molecule has 31 heavy (non-hydrogen) atoms. The quantitative estimate of drug-likeness (QED) is 0.498. The second-order valence-electron chi connectivity index (χ2n) is 8.16. The van der Waals surface area contributed by atoms with Crippen molar-refractivity contribution >= 4 is 6.08 Å². The number of benzene rings is 3. The molecule has 1 saturated heterocycles. The van der Waals surface area contributed by atoms with E-state index in [9.17, 15) is 5.11 Å². The molecular weight excluding hydrogens is 384 g/mol. The molecule has 3 nitrogen and oxygen atoms in total. The molecule has 3 heteroatoms. The van der Waals surface area contributed by atoms with E-state index >= 15 is 0 Å². The minimum Gasteiger partial charge on any atom is -0.496 e. The molecule has 1 fully saturated rings. The lowest BCUT2D eigenvalue weighted by Crippen LogP contribution is -2.32. The summed E-state index contributed by atoms with van der Waals surface area (Å²) in [6.07, 6.45) is 5.62. The summed E-state index contributed by atoms with van der Waals surface area (Å²) in [5.41, 5.74) is 3.22. The smallest absolute Gasteiger partial charge is 0.126 e. The maximum Gasteiger partial charge on any atom is 0.126 e. The molecule has 0 aromatic heterocycles. The van der Waals surface area contributed by atoms with E-state index < -0.39 is 6.10 Å². The Labute approximate surface area is 185 Å². The lowest BCUT2D eigenvalue weighted by molar-refractivity contribution is -0.0900. The number of hydrogen-bond donors (Lipinski definition) is 1. The largest absolute Gasteiger partial charge is 0.496 e. The van der Waals surface area contributed by atoms with Gasteiger partial charge in [-0.2, -0.15) is 0 Å². The van der Waals surface area contributed by atoms with Crippen molar-refractivity contribution < 1.29 is 14.6 Å². The van der Waals surface area contributed by atoms with Crippen LogP contribution in [-0.4, -0.2) is 18.8 Å². The van der Waals surface area contributed by atoms with Crippen molar-refractivity contribution in [3.8, 4) is 5.75 Å². The maximum atomic E-state index is 11.0. The monoisotopic (exact) mass is 414 g/mol. The molecule has 0 saturated carbocycles. The van der Waals surface area contributed by atoms with Gasteiger partial charge in [-0.25, -0.2) is 0 Å². The Morgan fingerprint density at radius 1 is 0.968 bits per heavy atom. The number of aliphatic hydroxyl groups is 1. The first kappa shape index (κ1) is 21.4.